The smallest absolute Gasteiger partial charge is 0.345 e. The van der Waals surface area contributed by atoms with Crippen molar-refractivity contribution in [3.8, 4) is 28.6 Å². The number of ether oxygens (including phenoxy) is 2. The highest BCUT2D eigenvalue weighted by Gasteiger charge is 2.17. The van der Waals surface area contributed by atoms with Crippen molar-refractivity contribution < 1.29 is 9.47 Å². The first kappa shape index (κ1) is 19.0. The van der Waals surface area contributed by atoms with Crippen molar-refractivity contribution in [2.45, 2.75) is 0 Å². The molecule has 0 spiro atoms. The maximum Gasteiger partial charge on any atom is 0.345 e. The third kappa shape index (κ3) is 3.53. The van der Waals surface area contributed by atoms with Crippen molar-refractivity contribution in [2.24, 2.45) is 0 Å². The van der Waals surface area contributed by atoms with Gasteiger partial charge in [0.1, 0.15) is 17.2 Å². The van der Waals surface area contributed by atoms with E-state index >= 15 is 0 Å². The average molecular weight is 403 g/mol. The lowest BCUT2D eigenvalue weighted by atomic mass is 10.2. The van der Waals surface area contributed by atoms with Gasteiger partial charge >= 0.3 is 17.1 Å². The standard InChI is InChI=1S/C22H17N3O5/c1-29-19-14-17(30-16-10-6-3-7-11-16)12-13-18(19)25-21(27)23-20(26)24(22(25)28)15-8-4-2-5-9-15/h2-14H,1H3,(H,23,26,27). The molecule has 0 aliphatic rings. The van der Waals surface area contributed by atoms with Crippen LogP contribution < -0.4 is 26.5 Å². The van der Waals surface area contributed by atoms with Crippen molar-refractivity contribution in [2.75, 3.05) is 7.11 Å². The van der Waals surface area contributed by atoms with Gasteiger partial charge in [-0.3, -0.25) is 4.98 Å². The van der Waals surface area contributed by atoms with E-state index in [1.54, 1.807) is 54.6 Å². The summed E-state index contributed by atoms with van der Waals surface area (Å²) in [6, 6.07) is 22.2. The van der Waals surface area contributed by atoms with Gasteiger partial charge in [0, 0.05) is 6.07 Å². The number of hydrogen-bond acceptors (Lipinski definition) is 5. The fraction of sp³-hybridized carbons (Fsp3) is 0.0455. The summed E-state index contributed by atoms with van der Waals surface area (Å²) in [5.74, 6) is 1.32. The first-order valence-corrected chi connectivity index (χ1v) is 9.03. The fourth-order valence-corrected chi connectivity index (χ4v) is 3.03. The summed E-state index contributed by atoms with van der Waals surface area (Å²) in [6.45, 7) is 0. The number of aromatic nitrogens is 3. The molecule has 4 aromatic rings. The van der Waals surface area contributed by atoms with Gasteiger partial charge in [-0.05, 0) is 36.4 Å². The van der Waals surface area contributed by atoms with Crippen molar-refractivity contribution in [1.29, 1.82) is 0 Å². The van der Waals surface area contributed by atoms with E-state index in [9.17, 15) is 14.4 Å². The minimum absolute atomic E-state index is 0.175. The first-order chi connectivity index (χ1) is 14.6. The molecule has 1 aromatic heterocycles. The Hall–Kier alpha value is -4.33. The molecule has 0 saturated heterocycles. The van der Waals surface area contributed by atoms with Crippen LogP contribution in [-0.4, -0.2) is 21.2 Å². The monoisotopic (exact) mass is 403 g/mol. The van der Waals surface area contributed by atoms with Gasteiger partial charge in [-0.25, -0.2) is 23.5 Å². The van der Waals surface area contributed by atoms with E-state index in [1.807, 2.05) is 18.2 Å². The van der Waals surface area contributed by atoms with Crippen molar-refractivity contribution >= 4 is 0 Å². The van der Waals surface area contributed by atoms with Crippen LogP contribution in [0.3, 0.4) is 0 Å². The molecule has 8 heteroatoms. The number of nitrogens with one attached hydrogen (secondary N) is 1. The number of H-pyrrole nitrogens is 1. The molecule has 0 fully saturated rings. The first-order valence-electron chi connectivity index (χ1n) is 9.03. The lowest BCUT2D eigenvalue weighted by molar-refractivity contribution is 0.405. The molecule has 1 N–H and O–H groups in total. The van der Waals surface area contributed by atoms with Crippen LogP contribution in [0.2, 0.25) is 0 Å². The molecule has 0 aliphatic carbocycles. The molecule has 0 saturated carbocycles. The lowest BCUT2D eigenvalue weighted by Crippen LogP contribution is -2.48. The summed E-state index contributed by atoms with van der Waals surface area (Å²) >= 11 is 0. The van der Waals surface area contributed by atoms with Crippen LogP contribution in [0.1, 0.15) is 0 Å². The molecule has 0 unspecified atom stereocenters. The van der Waals surface area contributed by atoms with Crippen molar-refractivity contribution in [1.82, 2.24) is 14.1 Å². The van der Waals surface area contributed by atoms with E-state index in [1.165, 1.54) is 13.2 Å². The Balaban J connectivity index is 1.85. The van der Waals surface area contributed by atoms with Gasteiger partial charge in [-0.2, -0.15) is 0 Å². The Morgan fingerprint density at radius 3 is 2.03 bits per heavy atom. The van der Waals surface area contributed by atoms with E-state index in [-0.39, 0.29) is 11.4 Å². The maximum atomic E-state index is 13.1. The SMILES string of the molecule is COc1cc(Oc2ccccc2)ccc1-n1c(=O)[nH]c(=O)n(-c2ccccc2)c1=O. The molecule has 1 heterocycles. The molecule has 3 aromatic carbocycles. The Labute approximate surface area is 170 Å². The van der Waals surface area contributed by atoms with Gasteiger partial charge in [0.15, 0.2) is 0 Å². The Morgan fingerprint density at radius 2 is 1.37 bits per heavy atom. The van der Waals surface area contributed by atoms with Crippen molar-refractivity contribution in [3.63, 3.8) is 0 Å². The molecule has 30 heavy (non-hydrogen) atoms. The number of benzene rings is 3. The molecule has 0 aliphatic heterocycles. The fourth-order valence-electron chi connectivity index (χ4n) is 3.03. The summed E-state index contributed by atoms with van der Waals surface area (Å²) in [6.07, 6.45) is 0. The number of hydrogen-bond donors (Lipinski definition) is 1. The van der Waals surface area contributed by atoms with Gasteiger partial charge < -0.3 is 9.47 Å². The highest BCUT2D eigenvalue weighted by molar-refractivity contribution is 5.51. The quantitative estimate of drug-likeness (QED) is 0.552. The van der Waals surface area contributed by atoms with Crippen LogP contribution in [0.4, 0.5) is 0 Å². The summed E-state index contributed by atoms with van der Waals surface area (Å²) in [5.41, 5.74) is -2.00. The second kappa shape index (κ2) is 7.96. The summed E-state index contributed by atoms with van der Waals surface area (Å²) in [7, 11) is 1.41. The normalized spacial score (nSPS) is 10.6. The van der Waals surface area contributed by atoms with E-state index in [0.29, 0.717) is 17.2 Å². The highest BCUT2D eigenvalue weighted by Crippen LogP contribution is 2.29. The van der Waals surface area contributed by atoms with Gasteiger partial charge in [-0.1, -0.05) is 36.4 Å². The Kier molecular flexibility index (Phi) is 5.04. The third-order valence-corrected chi connectivity index (χ3v) is 4.39. The Morgan fingerprint density at radius 1 is 0.733 bits per heavy atom. The molecular formula is C22H17N3O5. The minimum Gasteiger partial charge on any atom is -0.494 e. The predicted molar refractivity (Wildman–Crippen MR) is 111 cm³/mol. The van der Waals surface area contributed by atoms with Crippen LogP contribution >= 0.6 is 0 Å². The third-order valence-electron chi connectivity index (χ3n) is 4.39. The second-order valence-corrected chi connectivity index (χ2v) is 6.27. The number of nitrogens with zero attached hydrogens (tertiary/aromatic N) is 2. The maximum absolute atomic E-state index is 13.1. The van der Waals surface area contributed by atoms with E-state index in [4.69, 9.17) is 9.47 Å². The molecule has 150 valence electrons. The van der Waals surface area contributed by atoms with Gasteiger partial charge in [0.2, 0.25) is 0 Å². The molecule has 0 amide bonds. The molecular weight excluding hydrogens is 386 g/mol. The van der Waals surface area contributed by atoms with Crippen LogP contribution in [0.25, 0.3) is 11.4 Å². The largest absolute Gasteiger partial charge is 0.494 e. The number of methoxy groups -OCH3 is 1. The summed E-state index contributed by atoms with van der Waals surface area (Å²) in [5, 5.41) is 0. The average Bonchev–Trinajstić information content (AvgIpc) is 2.75. The van der Waals surface area contributed by atoms with E-state index < -0.39 is 17.1 Å². The van der Waals surface area contributed by atoms with Crippen LogP contribution in [0.5, 0.6) is 17.2 Å². The minimum atomic E-state index is -0.868. The lowest BCUT2D eigenvalue weighted by Gasteiger charge is -2.14. The Bertz CT molecular complexity index is 1360. The van der Waals surface area contributed by atoms with Gasteiger partial charge in [-0.15, -0.1) is 0 Å². The van der Waals surface area contributed by atoms with Crippen LogP contribution in [-0.2, 0) is 0 Å². The van der Waals surface area contributed by atoms with Crippen LogP contribution in [0, 0.1) is 0 Å². The zero-order valence-corrected chi connectivity index (χ0v) is 15.9. The molecule has 4 rings (SSSR count). The molecule has 0 radical (unpaired) electrons. The molecule has 0 atom stereocenters. The number of rotatable bonds is 5. The van der Waals surface area contributed by atoms with Gasteiger partial charge in [0.05, 0.1) is 18.5 Å². The number of para-hydroxylation sites is 2. The van der Waals surface area contributed by atoms with E-state index in [2.05, 4.69) is 4.98 Å². The van der Waals surface area contributed by atoms with E-state index in [0.717, 1.165) is 9.13 Å². The van der Waals surface area contributed by atoms with Gasteiger partial charge in [0.25, 0.3) is 0 Å². The zero-order chi connectivity index (χ0) is 21.1. The summed E-state index contributed by atoms with van der Waals surface area (Å²) < 4.78 is 12.9. The number of aromatic amines is 1. The topological polar surface area (TPSA) is 95.3 Å². The molecule has 0 bridgehead atoms. The molecule has 8 nitrogen and oxygen atoms in total. The highest BCUT2D eigenvalue weighted by atomic mass is 16.5. The summed E-state index contributed by atoms with van der Waals surface area (Å²) in [4.78, 5) is 40.0. The zero-order valence-electron chi connectivity index (χ0n) is 15.9. The van der Waals surface area contributed by atoms with Crippen LogP contribution in [0.15, 0.2) is 93.2 Å². The van der Waals surface area contributed by atoms with Crippen molar-refractivity contribution in [3.05, 3.63) is 110 Å². The second-order valence-electron chi connectivity index (χ2n) is 6.27. The predicted octanol–water partition coefficient (Wildman–Crippen LogP) is 2.48.